The number of methoxy groups -OCH3 is 1. The predicted octanol–water partition coefficient (Wildman–Crippen LogP) is 4.98. The van der Waals surface area contributed by atoms with E-state index in [0.29, 0.717) is 28.9 Å². The van der Waals surface area contributed by atoms with Gasteiger partial charge in [-0.1, -0.05) is 37.5 Å². The summed E-state index contributed by atoms with van der Waals surface area (Å²) in [7, 11) is 1.62. The fourth-order valence-corrected chi connectivity index (χ4v) is 4.27. The van der Waals surface area contributed by atoms with Crippen molar-refractivity contribution in [3.05, 3.63) is 58.2 Å². The number of hydrogen-bond donors (Lipinski definition) is 1. The quantitative estimate of drug-likeness (QED) is 0.602. The van der Waals surface area contributed by atoms with Crippen molar-refractivity contribution >= 4 is 23.2 Å². The smallest absolute Gasteiger partial charge is 0.278 e. The van der Waals surface area contributed by atoms with Gasteiger partial charge in [0.25, 0.3) is 5.91 Å². The van der Waals surface area contributed by atoms with Crippen molar-refractivity contribution in [1.82, 2.24) is 14.9 Å². The monoisotopic (exact) mass is 442 g/mol. The van der Waals surface area contributed by atoms with Gasteiger partial charge in [0.1, 0.15) is 11.5 Å². The lowest BCUT2D eigenvalue weighted by molar-refractivity contribution is 0.101. The fourth-order valence-electron chi connectivity index (χ4n) is 4.07. The van der Waals surface area contributed by atoms with E-state index in [2.05, 4.69) is 36.3 Å². The summed E-state index contributed by atoms with van der Waals surface area (Å²) >= 11 is 6.11. The molecule has 2 heterocycles. The van der Waals surface area contributed by atoms with Crippen molar-refractivity contribution in [3.63, 3.8) is 0 Å². The number of ether oxygens (including phenoxy) is 1. The van der Waals surface area contributed by atoms with Gasteiger partial charge in [0, 0.05) is 28.8 Å². The first-order valence-electron chi connectivity index (χ1n) is 10.4. The van der Waals surface area contributed by atoms with Gasteiger partial charge in [-0.3, -0.25) is 9.48 Å². The molecule has 1 unspecified atom stereocenters. The van der Waals surface area contributed by atoms with Gasteiger partial charge in [-0.2, -0.15) is 5.10 Å². The first-order valence-corrected chi connectivity index (χ1v) is 10.8. The van der Waals surface area contributed by atoms with E-state index in [1.807, 2.05) is 12.1 Å². The number of aromatic nitrogens is 3. The first kappa shape index (κ1) is 21.4. The minimum atomic E-state index is -0.278. The summed E-state index contributed by atoms with van der Waals surface area (Å²) in [6.45, 7) is 7.17. The molecule has 0 radical (unpaired) electrons. The number of anilines is 1. The topological polar surface area (TPSA) is 82.2 Å². The maximum absolute atomic E-state index is 12.9. The molecule has 1 aliphatic rings. The van der Waals surface area contributed by atoms with Gasteiger partial charge in [-0.15, -0.1) is 0 Å². The zero-order valence-corrected chi connectivity index (χ0v) is 19.0. The van der Waals surface area contributed by atoms with E-state index in [9.17, 15) is 4.79 Å². The number of amides is 1. The molecule has 0 spiro atoms. The molecule has 0 saturated heterocycles. The van der Waals surface area contributed by atoms with Crippen LogP contribution in [0.15, 0.2) is 35.1 Å². The van der Waals surface area contributed by atoms with Crippen LogP contribution in [0, 0.1) is 11.3 Å². The SMILES string of the molecule is COc1ccc(Cl)cc1Cn1cc(NC(=O)c2noc3c2CC(C(C)(C)C)CC3)cn1. The molecule has 3 aromatic rings. The summed E-state index contributed by atoms with van der Waals surface area (Å²) in [4.78, 5) is 12.9. The summed E-state index contributed by atoms with van der Waals surface area (Å²) in [5.41, 5.74) is 2.96. The van der Waals surface area contributed by atoms with E-state index in [1.54, 1.807) is 30.3 Å². The van der Waals surface area contributed by atoms with Gasteiger partial charge in [0.05, 0.1) is 25.5 Å². The summed E-state index contributed by atoms with van der Waals surface area (Å²) in [6.07, 6.45) is 6.05. The number of carbonyl (C=O) groups is 1. The molecule has 1 atom stereocenters. The Morgan fingerprint density at radius 1 is 1.39 bits per heavy atom. The molecule has 0 aliphatic heterocycles. The second-order valence-electron chi connectivity index (χ2n) is 9.08. The maximum atomic E-state index is 12.9. The zero-order chi connectivity index (χ0) is 22.2. The molecule has 2 aromatic heterocycles. The highest BCUT2D eigenvalue weighted by Crippen LogP contribution is 2.38. The predicted molar refractivity (Wildman–Crippen MR) is 119 cm³/mol. The van der Waals surface area contributed by atoms with E-state index in [4.69, 9.17) is 20.9 Å². The molecule has 8 heteroatoms. The van der Waals surface area contributed by atoms with E-state index < -0.39 is 0 Å². The largest absolute Gasteiger partial charge is 0.496 e. The highest BCUT2D eigenvalue weighted by molar-refractivity contribution is 6.30. The van der Waals surface area contributed by atoms with Crippen LogP contribution in [0.1, 0.15) is 54.6 Å². The van der Waals surface area contributed by atoms with Gasteiger partial charge in [-0.05, 0) is 42.4 Å². The van der Waals surface area contributed by atoms with Crippen LogP contribution in [0.2, 0.25) is 5.02 Å². The maximum Gasteiger partial charge on any atom is 0.278 e. The van der Waals surface area contributed by atoms with Crippen molar-refractivity contribution in [2.75, 3.05) is 12.4 Å². The van der Waals surface area contributed by atoms with Gasteiger partial charge in [0.15, 0.2) is 5.69 Å². The average Bonchev–Trinajstić information content (AvgIpc) is 3.33. The molecule has 1 amide bonds. The Balaban J connectivity index is 1.47. The van der Waals surface area contributed by atoms with Crippen LogP contribution >= 0.6 is 11.6 Å². The number of hydrogen-bond acceptors (Lipinski definition) is 5. The van der Waals surface area contributed by atoms with Crippen molar-refractivity contribution in [3.8, 4) is 5.75 Å². The number of fused-ring (bicyclic) bond motifs is 1. The van der Waals surface area contributed by atoms with E-state index >= 15 is 0 Å². The molecule has 7 nitrogen and oxygen atoms in total. The third-order valence-electron chi connectivity index (χ3n) is 5.95. The van der Waals surface area contributed by atoms with Crippen LogP contribution in [-0.2, 0) is 19.4 Å². The van der Waals surface area contributed by atoms with Gasteiger partial charge < -0.3 is 14.6 Å². The third kappa shape index (κ3) is 4.61. The Hall–Kier alpha value is -2.80. The lowest BCUT2D eigenvalue weighted by Gasteiger charge is -2.33. The highest BCUT2D eigenvalue weighted by Gasteiger charge is 2.34. The molecule has 31 heavy (non-hydrogen) atoms. The molecular formula is C23H27ClN4O3. The van der Waals surface area contributed by atoms with Crippen molar-refractivity contribution in [1.29, 1.82) is 0 Å². The number of rotatable bonds is 5. The minimum Gasteiger partial charge on any atom is -0.496 e. The summed E-state index contributed by atoms with van der Waals surface area (Å²) < 4.78 is 12.6. The van der Waals surface area contributed by atoms with E-state index in [1.165, 1.54) is 0 Å². The second kappa shape index (κ2) is 8.38. The van der Waals surface area contributed by atoms with Gasteiger partial charge >= 0.3 is 0 Å². The number of nitrogens with zero attached hydrogens (tertiary/aromatic N) is 3. The Morgan fingerprint density at radius 3 is 2.94 bits per heavy atom. The molecule has 1 aliphatic carbocycles. The fraction of sp³-hybridized carbons (Fsp3) is 0.435. The molecule has 4 rings (SSSR count). The number of halogens is 1. The molecular weight excluding hydrogens is 416 g/mol. The van der Waals surface area contributed by atoms with E-state index in [0.717, 1.165) is 41.9 Å². The zero-order valence-electron chi connectivity index (χ0n) is 18.2. The molecule has 0 fully saturated rings. The normalized spacial score (nSPS) is 16.1. The number of carbonyl (C=O) groups excluding carboxylic acids is 1. The third-order valence-corrected chi connectivity index (χ3v) is 6.18. The summed E-state index contributed by atoms with van der Waals surface area (Å²) in [5, 5.41) is 11.9. The lowest BCUT2D eigenvalue weighted by atomic mass is 9.71. The second-order valence-corrected chi connectivity index (χ2v) is 9.51. The molecule has 1 N–H and O–H groups in total. The van der Waals surface area contributed by atoms with Gasteiger partial charge in [-0.25, -0.2) is 0 Å². The number of benzene rings is 1. The van der Waals surface area contributed by atoms with Gasteiger partial charge in [0.2, 0.25) is 0 Å². The highest BCUT2D eigenvalue weighted by atomic mass is 35.5. The Bertz CT molecular complexity index is 1100. The van der Waals surface area contributed by atoms with Crippen LogP contribution in [0.3, 0.4) is 0 Å². The Labute approximate surface area is 186 Å². The molecule has 164 valence electrons. The standard InChI is InChI=1S/C23H27ClN4O3/c1-23(2,3)15-5-7-20-18(10-15)21(27-31-20)22(29)26-17-11-25-28(13-17)12-14-9-16(24)6-8-19(14)30-4/h6,8-9,11,13,15H,5,7,10,12H2,1-4H3,(H,26,29). The van der Waals surface area contributed by atoms with Crippen LogP contribution in [0.5, 0.6) is 5.75 Å². The molecule has 0 bridgehead atoms. The number of nitrogens with one attached hydrogen (secondary N) is 1. The Kier molecular flexibility index (Phi) is 5.79. The van der Waals surface area contributed by atoms with Crippen LogP contribution in [-0.4, -0.2) is 28.0 Å². The molecule has 1 aromatic carbocycles. The molecule has 0 saturated carbocycles. The number of aryl methyl sites for hydroxylation is 1. The van der Waals surface area contributed by atoms with E-state index in [-0.39, 0.29) is 11.3 Å². The summed E-state index contributed by atoms with van der Waals surface area (Å²) in [6, 6.07) is 5.44. The van der Waals surface area contributed by atoms with Crippen LogP contribution in [0.25, 0.3) is 0 Å². The minimum absolute atomic E-state index is 0.172. The Morgan fingerprint density at radius 2 is 2.19 bits per heavy atom. The van der Waals surface area contributed by atoms with Crippen molar-refractivity contribution in [2.24, 2.45) is 11.3 Å². The van der Waals surface area contributed by atoms with Crippen LogP contribution in [0.4, 0.5) is 5.69 Å². The average molecular weight is 443 g/mol. The summed E-state index contributed by atoms with van der Waals surface area (Å²) in [5.74, 6) is 1.77. The van der Waals surface area contributed by atoms with Crippen LogP contribution < -0.4 is 10.1 Å². The lowest BCUT2D eigenvalue weighted by Crippen LogP contribution is -2.27. The van der Waals surface area contributed by atoms with Crippen molar-refractivity contribution in [2.45, 2.75) is 46.6 Å². The van der Waals surface area contributed by atoms with Crippen molar-refractivity contribution < 1.29 is 14.1 Å². The first-order chi connectivity index (χ1) is 14.7.